The Kier molecular flexibility index (Phi) is 5.36. The Bertz CT molecular complexity index is 610. The van der Waals surface area contributed by atoms with E-state index >= 15 is 0 Å². The Morgan fingerprint density at radius 2 is 2.29 bits per heavy atom. The van der Waals surface area contributed by atoms with Gasteiger partial charge in [-0.2, -0.15) is 0 Å². The Hall–Kier alpha value is -1.85. The number of rotatable bonds is 6. The number of halogens is 1. The molecule has 0 spiro atoms. The highest BCUT2D eigenvalue weighted by Crippen LogP contribution is 2.32. The van der Waals surface area contributed by atoms with Crippen molar-refractivity contribution < 1.29 is 0 Å². The fourth-order valence-electron chi connectivity index (χ4n) is 1.80. The number of nitrogen functional groups attached to an aromatic ring is 1. The van der Waals surface area contributed by atoms with Crippen LogP contribution in [-0.2, 0) is 0 Å². The van der Waals surface area contributed by atoms with Crippen LogP contribution in [0.5, 0.6) is 0 Å². The van der Waals surface area contributed by atoms with E-state index in [9.17, 15) is 0 Å². The summed E-state index contributed by atoms with van der Waals surface area (Å²) < 4.78 is 0. The molecule has 1 unspecified atom stereocenters. The molecule has 6 heteroatoms. The maximum absolute atomic E-state index is 5.87. The average molecular weight is 321 g/mol. The van der Waals surface area contributed by atoms with Crippen LogP contribution in [0.15, 0.2) is 60.2 Å². The van der Waals surface area contributed by atoms with E-state index < -0.39 is 0 Å². The minimum Gasteiger partial charge on any atom is -0.396 e. The molecule has 1 atom stereocenters. The number of nitrogens with zero attached hydrogens (tertiary/aromatic N) is 1. The Balaban J connectivity index is 1.97. The number of aromatic nitrogens is 1. The van der Waals surface area contributed by atoms with Crippen molar-refractivity contribution in [1.29, 1.82) is 0 Å². The van der Waals surface area contributed by atoms with Crippen LogP contribution in [0.3, 0.4) is 0 Å². The highest BCUT2D eigenvalue weighted by atomic mass is 35.5. The molecule has 1 aromatic heterocycles. The number of allylic oxidation sites excluding steroid dienone is 4. The molecule has 1 aliphatic heterocycles. The van der Waals surface area contributed by atoms with Crippen molar-refractivity contribution in [3.05, 3.63) is 65.3 Å². The van der Waals surface area contributed by atoms with Gasteiger partial charge in [0.1, 0.15) is 5.15 Å². The summed E-state index contributed by atoms with van der Waals surface area (Å²) in [4.78, 5) is 5.30. The lowest BCUT2D eigenvalue weighted by Gasteiger charge is -2.14. The van der Waals surface area contributed by atoms with Gasteiger partial charge in [0.25, 0.3) is 0 Å². The number of pyridine rings is 1. The first-order valence-electron chi connectivity index (χ1n) is 6.39. The highest BCUT2D eigenvalue weighted by Gasteiger charge is 2.21. The highest BCUT2D eigenvalue weighted by molar-refractivity contribution is 8.04. The molecule has 2 rings (SSSR count). The topological polar surface area (TPSA) is 63.0 Å². The van der Waals surface area contributed by atoms with Gasteiger partial charge >= 0.3 is 0 Å². The number of thioether (sulfide) groups is 1. The molecule has 2 heterocycles. The van der Waals surface area contributed by atoms with Gasteiger partial charge in [0.05, 0.1) is 11.1 Å². The van der Waals surface area contributed by atoms with Crippen LogP contribution in [0.1, 0.15) is 0 Å². The molecule has 0 aromatic carbocycles. The predicted octanol–water partition coefficient (Wildman–Crippen LogP) is 3.53. The summed E-state index contributed by atoms with van der Waals surface area (Å²) in [5.41, 5.74) is 7.45. The van der Waals surface area contributed by atoms with Crippen molar-refractivity contribution in [3.8, 4) is 0 Å². The smallest absolute Gasteiger partial charge is 0.151 e. The minimum absolute atomic E-state index is 0.169. The number of hydrogen-bond acceptors (Lipinski definition) is 5. The monoisotopic (exact) mass is 320 g/mol. The van der Waals surface area contributed by atoms with E-state index in [2.05, 4.69) is 28.8 Å². The minimum atomic E-state index is 0.169. The summed E-state index contributed by atoms with van der Waals surface area (Å²) in [7, 11) is 0. The average Bonchev–Trinajstić information content (AvgIpc) is 2.88. The normalized spacial score (nSPS) is 17.9. The third-order valence-electron chi connectivity index (χ3n) is 2.79. The van der Waals surface area contributed by atoms with Crippen LogP contribution >= 0.6 is 23.4 Å². The van der Waals surface area contributed by atoms with Gasteiger partial charge in [-0.1, -0.05) is 48.7 Å². The second kappa shape index (κ2) is 7.24. The van der Waals surface area contributed by atoms with Crippen molar-refractivity contribution in [2.24, 2.45) is 0 Å². The van der Waals surface area contributed by atoms with E-state index in [0.29, 0.717) is 23.2 Å². The van der Waals surface area contributed by atoms with Gasteiger partial charge in [-0.15, -0.1) is 0 Å². The van der Waals surface area contributed by atoms with E-state index in [1.165, 1.54) is 0 Å². The van der Waals surface area contributed by atoms with E-state index in [1.54, 1.807) is 30.0 Å². The maximum atomic E-state index is 5.87. The maximum Gasteiger partial charge on any atom is 0.151 e. The van der Waals surface area contributed by atoms with Gasteiger partial charge in [-0.3, -0.25) is 0 Å². The van der Waals surface area contributed by atoms with Gasteiger partial charge in [0.15, 0.2) is 5.82 Å². The zero-order valence-corrected chi connectivity index (χ0v) is 13.0. The standard InChI is InChI=1S/C15H17ClN4S/c1-3-5-6-12-11(4-2)19-14(21-12)9-18-15-10(17)7-8-13(16)20-15/h3-8,14,19H,1-2,9,17H2,(H,18,20)/b6-5-. The summed E-state index contributed by atoms with van der Waals surface area (Å²) >= 11 is 7.58. The van der Waals surface area contributed by atoms with E-state index in [-0.39, 0.29) is 5.37 Å². The third-order valence-corrected chi connectivity index (χ3v) is 4.18. The quantitative estimate of drug-likeness (QED) is 0.553. The molecular weight excluding hydrogens is 304 g/mol. The van der Waals surface area contributed by atoms with Crippen LogP contribution in [0.2, 0.25) is 5.15 Å². The van der Waals surface area contributed by atoms with Crippen LogP contribution in [-0.4, -0.2) is 16.9 Å². The van der Waals surface area contributed by atoms with Crippen LogP contribution in [0.4, 0.5) is 11.5 Å². The lowest BCUT2D eigenvalue weighted by Crippen LogP contribution is -2.28. The molecular formula is C15H17ClN4S. The SMILES string of the molecule is C=C/C=C\C1=C(C=C)NC(CNc2nc(Cl)ccc2N)S1. The molecule has 0 fully saturated rings. The van der Waals surface area contributed by atoms with Gasteiger partial charge in [0, 0.05) is 17.1 Å². The van der Waals surface area contributed by atoms with Crippen molar-refractivity contribution >= 4 is 34.9 Å². The van der Waals surface area contributed by atoms with Crippen LogP contribution in [0.25, 0.3) is 0 Å². The number of hydrogen-bond donors (Lipinski definition) is 3. The molecule has 1 aromatic rings. The Morgan fingerprint density at radius 3 is 3.00 bits per heavy atom. The first-order chi connectivity index (χ1) is 10.1. The van der Waals surface area contributed by atoms with Gasteiger partial charge in [0.2, 0.25) is 0 Å². The molecule has 4 nitrogen and oxygen atoms in total. The molecule has 0 saturated carbocycles. The second-order valence-electron chi connectivity index (χ2n) is 4.28. The zero-order valence-electron chi connectivity index (χ0n) is 11.5. The summed E-state index contributed by atoms with van der Waals surface area (Å²) in [6.45, 7) is 8.15. The molecule has 4 N–H and O–H groups in total. The fraction of sp³-hybridized carbons (Fsp3) is 0.133. The van der Waals surface area contributed by atoms with Gasteiger partial charge in [-0.25, -0.2) is 4.98 Å². The van der Waals surface area contributed by atoms with Gasteiger partial charge in [-0.05, 0) is 24.3 Å². The lowest BCUT2D eigenvalue weighted by atomic mass is 10.3. The molecule has 0 saturated heterocycles. The Morgan fingerprint density at radius 1 is 1.48 bits per heavy atom. The molecule has 0 bridgehead atoms. The number of nitrogens with one attached hydrogen (secondary N) is 2. The first-order valence-corrected chi connectivity index (χ1v) is 7.64. The predicted molar refractivity (Wildman–Crippen MR) is 93.2 cm³/mol. The van der Waals surface area contributed by atoms with Crippen molar-refractivity contribution in [3.63, 3.8) is 0 Å². The summed E-state index contributed by atoms with van der Waals surface area (Å²) in [5, 5.41) is 7.17. The van der Waals surface area contributed by atoms with E-state index in [0.717, 1.165) is 10.6 Å². The molecule has 110 valence electrons. The summed E-state index contributed by atoms with van der Waals surface area (Å²) in [6, 6.07) is 3.40. The fourth-order valence-corrected chi connectivity index (χ4v) is 3.04. The van der Waals surface area contributed by atoms with E-state index in [1.807, 2.05) is 18.2 Å². The third kappa shape index (κ3) is 4.06. The molecule has 1 aliphatic rings. The van der Waals surface area contributed by atoms with Gasteiger partial charge < -0.3 is 16.4 Å². The molecule has 21 heavy (non-hydrogen) atoms. The van der Waals surface area contributed by atoms with Crippen LogP contribution in [0, 0.1) is 0 Å². The second-order valence-corrected chi connectivity index (χ2v) is 5.91. The number of nitrogens with two attached hydrogens (primary N) is 1. The summed E-state index contributed by atoms with van der Waals surface area (Å²) in [5.74, 6) is 0.597. The summed E-state index contributed by atoms with van der Waals surface area (Å²) in [6.07, 6.45) is 7.46. The van der Waals surface area contributed by atoms with Crippen molar-refractivity contribution in [2.45, 2.75) is 5.37 Å². The lowest BCUT2D eigenvalue weighted by molar-refractivity contribution is 0.797. The molecule has 0 aliphatic carbocycles. The van der Waals surface area contributed by atoms with E-state index in [4.69, 9.17) is 17.3 Å². The van der Waals surface area contributed by atoms with Crippen molar-refractivity contribution in [1.82, 2.24) is 10.3 Å². The zero-order chi connectivity index (χ0) is 15.2. The first kappa shape index (κ1) is 15.5. The van der Waals surface area contributed by atoms with Crippen LogP contribution < -0.4 is 16.4 Å². The molecule has 0 radical (unpaired) electrons. The Labute approximate surface area is 133 Å². The van der Waals surface area contributed by atoms with Crippen molar-refractivity contribution in [2.75, 3.05) is 17.6 Å². The number of anilines is 2. The largest absolute Gasteiger partial charge is 0.396 e. The molecule has 0 amide bonds.